The molecule has 12 aromatic rings. The second-order valence-corrected chi connectivity index (χ2v) is 16.4. The van der Waals surface area contributed by atoms with Crippen molar-refractivity contribution < 1.29 is 0 Å². The van der Waals surface area contributed by atoms with Gasteiger partial charge in [0.25, 0.3) is 0 Å². The Morgan fingerprint density at radius 1 is 0.305 bits per heavy atom. The van der Waals surface area contributed by atoms with Gasteiger partial charge in [-0.3, -0.25) is 0 Å². The summed E-state index contributed by atoms with van der Waals surface area (Å²) in [6.45, 7) is 6.59. The van der Waals surface area contributed by atoms with Crippen molar-refractivity contribution in [2.45, 2.75) is 20.8 Å². The largest absolute Gasteiger partial charge is 0.192 e. The number of hydrogen-bond donors (Lipinski definition) is 0. The third-order valence-corrected chi connectivity index (χ3v) is 13.1. The average Bonchev–Trinajstić information content (AvgIpc) is 3.78. The molecule has 0 aromatic heterocycles. The predicted octanol–water partition coefficient (Wildman–Crippen LogP) is 16.1. The van der Waals surface area contributed by atoms with Gasteiger partial charge in [0, 0.05) is 0 Å². The summed E-state index contributed by atoms with van der Waals surface area (Å²) in [6.07, 6.45) is 0. The average molecular weight is 748 g/mol. The molecular formula is C58H37N. The van der Waals surface area contributed by atoms with Crippen LogP contribution in [0.4, 0.5) is 0 Å². The van der Waals surface area contributed by atoms with E-state index in [1.165, 1.54) is 125 Å². The van der Waals surface area contributed by atoms with Crippen LogP contribution >= 0.6 is 0 Å². The maximum Gasteiger partial charge on any atom is 0.0991 e. The number of benzene rings is 10. The molecule has 0 amide bonds. The van der Waals surface area contributed by atoms with E-state index in [4.69, 9.17) is 0 Å². The number of fused-ring (bicyclic) bond motifs is 8. The van der Waals surface area contributed by atoms with Crippen LogP contribution in [0.3, 0.4) is 0 Å². The van der Waals surface area contributed by atoms with Gasteiger partial charge in [-0.1, -0.05) is 152 Å². The minimum Gasteiger partial charge on any atom is -0.192 e. The second kappa shape index (κ2) is 12.5. The lowest BCUT2D eigenvalue weighted by atomic mass is 9.84. The monoisotopic (exact) mass is 747 g/mol. The fourth-order valence-corrected chi connectivity index (χ4v) is 10.8. The first-order chi connectivity index (χ1) is 29.0. The van der Waals surface area contributed by atoms with Gasteiger partial charge in [-0.25, -0.2) is 0 Å². The Balaban J connectivity index is 1.25. The molecule has 0 spiro atoms. The molecule has 0 aliphatic carbocycles. The summed E-state index contributed by atoms with van der Waals surface area (Å²) in [6, 6.07) is 65.2. The predicted molar refractivity (Wildman–Crippen MR) is 252 cm³/mol. The van der Waals surface area contributed by atoms with E-state index in [1.54, 1.807) is 0 Å². The summed E-state index contributed by atoms with van der Waals surface area (Å²) < 4.78 is 0. The van der Waals surface area contributed by atoms with Gasteiger partial charge in [0.05, 0.1) is 11.6 Å². The van der Waals surface area contributed by atoms with Crippen molar-refractivity contribution in [2.24, 2.45) is 0 Å². The van der Waals surface area contributed by atoms with Crippen LogP contribution in [0.25, 0.3) is 120 Å². The molecule has 0 unspecified atom stereocenters. The molecule has 0 saturated carbocycles. The molecule has 1 heteroatoms. The maximum atomic E-state index is 9.50. The quantitative estimate of drug-likeness (QED) is 0.165. The topological polar surface area (TPSA) is 23.8 Å². The van der Waals surface area contributed by atoms with Gasteiger partial charge >= 0.3 is 0 Å². The van der Waals surface area contributed by atoms with Gasteiger partial charge in [-0.15, -0.1) is 0 Å². The fourth-order valence-electron chi connectivity index (χ4n) is 10.8. The molecule has 0 aliphatic heterocycles. The summed E-state index contributed by atoms with van der Waals surface area (Å²) in [7, 11) is 0. The van der Waals surface area contributed by atoms with Crippen molar-refractivity contribution in [3.8, 4) is 50.6 Å². The minimum absolute atomic E-state index is 0.691. The van der Waals surface area contributed by atoms with E-state index in [0.717, 1.165) is 11.1 Å². The van der Waals surface area contributed by atoms with Gasteiger partial charge in [-0.05, 0) is 176 Å². The molecule has 12 aromatic carbocycles. The van der Waals surface area contributed by atoms with Crippen LogP contribution in [-0.4, -0.2) is 0 Å². The van der Waals surface area contributed by atoms with E-state index in [0.29, 0.717) is 5.56 Å². The van der Waals surface area contributed by atoms with E-state index in [9.17, 15) is 5.26 Å². The van der Waals surface area contributed by atoms with Crippen molar-refractivity contribution in [3.05, 3.63) is 192 Å². The summed E-state index contributed by atoms with van der Waals surface area (Å²) in [5, 5.41) is 27.8. The van der Waals surface area contributed by atoms with E-state index < -0.39 is 0 Å². The minimum atomic E-state index is 0.691. The molecule has 0 aliphatic rings. The zero-order valence-corrected chi connectivity index (χ0v) is 33.1. The molecule has 0 radical (unpaired) electrons. The van der Waals surface area contributed by atoms with Gasteiger partial charge in [0.2, 0.25) is 0 Å². The van der Waals surface area contributed by atoms with Crippen LogP contribution in [-0.2, 0) is 0 Å². The van der Waals surface area contributed by atoms with Crippen molar-refractivity contribution in [3.63, 3.8) is 0 Å². The van der Waals surface area contributed by atoms with Crippen LogP contribution in [0.1, 0.15) is 22.3 Å². The zero-order chi connectivity index (χ0) is 39.5. The molecule has 0 fully saturated rings. The second-order valence-electron chi connectivity index (χ2n) is 16.4. The van der Waals surface area contributed by atoms with E-state index in [2.05, 4.69) is 185 Å². The molecule has 0 N–H and O–H groups in total. The number of hydrogen-bond acceptors (Lipinski definition) is 1. The van der Waals surface area contributed by atoms with Crippen molar-refractivity contribution in [1.82, 2.24) is 0 Å². The number of rotatable bonds is 4. The van der Waals surface area contributed by atoms with E-state index in [1.807, 2.05) is 12.1 Å². The highest BCUT2D eigenvalue weighted by Gasteiger charge is 2.27. The lowest BCUT2D eigenvalue weighted by Crippen LogP contribution is -1.93. The Labute approximate surface area is 342 Å². The smallest absolute Gasteiger partial charge is 0.0991 e. The molecular weight excluding hydrogens is 711 g/mol. The van der Waals surface area contributed by atoms with Gasteiger partial charge in [0.15, 0.2) is 0 Å². The van der Waals surface area contributed by atoms with Gasteiger partial charge in [-0.2, -0.15) is 5.26 Å². The van der Waals surface area contributed by atoms with Crippen LogP contribution in [0.2, 0.25) is 0 Å². The molecule has 0 heterocycles. The maximum absolute atomic E-state index is 9.50. The van der Waals surface area contributed by atoms with Gasteiger partial charge in [0.1, 0.15) is 0 Å². The Bertz CT molecular complexity index is 3710. The molecule has 274 valence electrons. The van der Waals surface area contributed by atoms with Crippen LogP contribution in [0.15, 0.2) is 170 Å². The van der Waals surface area contributed by atoms with E-state index >= 15 is 0 Å². The Kier molecular flexibility index (Phi) is 7.11. The van der Waals surface area contributed by atoms with Crippen LogP contribution in [0, 0.1) is 32.1 Å². The highest BCUT2D eigenvalue weighted by atomic mass is 14.3. The summed E-state index contributed by atoms with van der Waals surface area (Å²) in [5.74, 6) is 0. The third kappa shape index (κ3) is 4.66. The lowest BCUT2D eigenvalue weighted by Gasteiger charge is -2.19. The summed E-state index contributed by atoms with van der Waals surface area (Å²) >= 11 is 0. The first-order valence-electron chi connectivity index (χ1n) is 20.5. The number of nitriles is 1. The van der Waals surface area contributed by atoms with Crippen molar-refractivity contribution in [1.29, 1.82) is 5.26 Å². The SMILES string of the molecule is Cc1cc(C#N)ccc1-c1cc(C)c(-c2ccc3c4c(-c5ccccc5)c5cc6c7ccccc7c7cccc(c5c(-c5ccccc5)c4c4cccc2c34)c76)c(C)c1. The Hall–Kier alpha value is -7.53. The zero-order valence-electron chi connectivity index (χ0n) is 33.1. The normalized spacial score (nSPS) is 12.0. The standard InChI is InChI=1S/C58H37N/c1-33-28-36(32-59)24-25-40(33)39-29-34(2)51(35(3)30-39)45-26-27-48-54-44(45)21-13-23-47(54)58-53(38-16-8-5-9-17-38)56-46-22-12-20-43-41-18-10-11-19-42(41)49(55(43)46)31-50(56)52(57(48)58)37-14-6-4-7-15-37/h4-31H,1-3H3. The molecule has 59 heavy (non-hydrogen) atoms. The van der Waals surface area contributed by atoms with Crippen molar-refractivity contribution in [2.75, 3.05) is 0 Å². The summed E-state index contributed by atoms with van der Waals surface area (Å²) in [4.78, 5) is 0. The first kappa shape index (κ1) is 33.6. The third-order valence-electron chi connectivity index (χ3n) is 13.1. The molecule has 12 rings (SSSR count). The molecule has 0 atom stereocenters. The molecule has 0 saturated heterocycles. The van der Waals surface area contributed by atoms with Gasteiger partial charge < -0.3 is 0 Å². The van der Waals surface area contributed by atoms with Crippen LogP contribution < -0.4 is 0 Å². The number of nitrogens with zero attached hydrogens (tertiary/aromatic N) is 1. The highest BCUT2D eigenvalue weighted by molar-refractivity contribution is 6.45. The van der Waals surface area contributed by atoms with Crippen molar-refractivity contribution >= 4 is 75.4 Å². The number of aryl methyl sites for hydroxylation is 3. The Morgan fingerprint density at radius 3 is 1.51 bits per heavy atom. The molecule has 1 nitrogen and oxygen atoms in total. The summed E-state index contributed by atoms with van der Waals surface area (Å²) in [5.41, 5.74) is 14.2. The Morgan fingerprint density at radius 2 is 0.831 bits per heavy atom. The lowest BCUT2D eigenvalue weighted by molar-refractivity contribution is 1.36. The van der Waals surface area contributed by atoms with Crippen LogP contribution in [0.5, 0.6) is 0 Å². The van der Waals surface area contributed by atoms with E-state index in [-0.39, 0.29) is 0 Å². The highest BCUT2D eigenvalue weighted by Crippen LogP contribution is 2.55. The first-order valence-corrected chi connectivity index (χ1v) is 20.5. The molecule has 0 bridgehead atoms. The fraction of sp³-hybridized carbons (Fsp3) is 0.0517.